The standard InChI is InChI=1S/C23H40O6/c1-9-19(24)28-15-11-13-26-17-23(21(3,4)5,22(6,7)8)18-27-14-12-16-29-20(25)10-2/h9-10H,1-2,11-18H2,3-8H3. The predicted molar refractivity (Wildman–Crippen MR) is 115 cm³/mol. The van der Waals surface area contributed by atoms with Crippen molar-refractivity contribution < 1.29 is 28.5 Å². The van der Waals surface area contributed by atoms with Crippen LogP contribution in [0.15, 0.2) is 25.3 Å². The maximum atomic E-state index is 11.1. The SMILES string of the molecule is C=CC(=O)OCCCOCC(COCCCOC(=O)C=C)(C(C)(C)C)C(C)(C)C. The molecule has 0 atom stereocenters. The van der Waals surface area contributed by atoms with Crippen molar-refractivity contribution in [1.82, 2.24) is 0 Å². The van der Waals surface area contributed by atoms with E-state index in [-0.39, 0.29) is 16.2 Å². The molecule has 0 saturated carbocycles. The van der Waals surface area contributed by atoms with Crippen molar-refractivity contribution in [2.24, 2.45) is 16.2 Å². The van der Waals surface area contributed by atoms with Crippen LogP contribution in [-0.4, -0.2) is 51.6 Å². The summed E-state index contributed by atoms with van der Waals surface area (Å²) in [6, 6.07) is 0. The first-order valence-electron chi connectivity index (χ1n) is 10.1. The molecule has 0 N–H and O–H groups in total. The van der Waals surface area contributed by atoms with Crippen molar-refractivity contribution in [1.29, 1.82) is 0 Å². The third-order valence-electron chi connectivity index (χ3n) is 5.26. The normalized spacial score (nSPS) is 12.3. The van der Waals surface area contributed by atoms with Gasteiger partial charge in [-0.25, -0.2) is 9.59 Å². The van der Waals surface area contributed by atoms with Crippen molar-refractivity contribution in [3.8, 4) is 0 Å². The van der Waals surface area contributed by atoms with Gasteiger partial charge in [0.05, 0.1) is 26.4 Å². The van der Waals surface area contributed by atoms with Crippen molar-refractivity contribution in [2.45, 2.75) is 54.4 Å². The van der Waals surface area contributed by atoms with Crippen molar-refractivity contribution in [3.05, 3.63) is 25.3 Å². The topological polar surface area (TPSA) is 71.1 Å². The molecule has 0 aromatic heterocycles. The van der Waals surface area contributed by atoms with Gasteiger partial charge in [0.2, 0.25) is 0 Å². The Morgan fingerprint density at radius 3 is 1.31 bits per heavy atom. The molecule has 0 spiro atoms. The summed E-state index contributed by atoms with van der Waals surface area (Å²) in [7, 11) is 0. The lowest BCUT2D eigenvalue weighted by Gasteiger charge is -2.53. The van der Waals surface area contributed by atoms with Crippen LogP contribution in [0.25, 0.3) is 0 Å². The number of carbonyl (C=O) groups excluding carboxylic acids is 2. The van der Waals surface area contributed by atoms with Crippen molar-refractivity contribution >= 4 is 11.9 Å². The van der Waals surface area contributed by atoms with Crippen LogP contribution in [0.5, 0.6) is 0 Å². The Bertz CT molecular complexity index is 476. The molecule has 0 heterocycles. The molecule has 0 aromatic carbocycles. The highest BCUT2D eigenvalue weighted by Crippen LogP contribution is 2.52. The van der Waals surface area contributed by atoms with E-state index in [0.29, 0.717) is 52.5 Å². The maximum absolute atomic E-state index is 11.1. The zero-order valence-electron chi connectivity index (χ0n) is 19.2. The Labute approximate surface area is 176 Å². The van der Waals surface area contributed by atoms with E-state index < -0.39 is 11.9 Å². The number of ether oxygens (including phenoxy) is 4. The molecule has 0 saturated heterocycles. The molecule has 0 amide bonds. The third kappa shape index (κ3) is 9.59. The molecule has 0 aliphatic heterocycles. The highest BCUT2D eigenvalue weighted by Gasteiger charge is 2.51. The smallest absolute Gasteiger partial charge is 0.330 e. The highest BCUT2D eigenvalue weighted by atomic mass is 16.5. The molecule has 29 heavy (non-hydrogen) atoms. The fraction of sp³-hybridized carbons (Fsp3) is 0.739. The van der Waals surface area contributed by atoms with E-state index in [9.17, 15) is 9.59 Å². The molecule has 0 unspecified atom stereocenters. The summed E-state index contributed by atoms with van der Waals surface area (Å²) in [5, 5.41) is 0. The van der Waals surface area contributed by atoms with Crippen molar-refractivity contribution in [3.63, 3.8) is 0 Å². The van der Waals surface area contributed by atoms with Gasteiger partial charge in [-0.05, 0) is 10.8 Å². The summed E-state index contributed by atoms with van der Waals surface area (Å²) in [6.07, 6.45) is 3.56. The molecule has 0 aromatic rings. The molecule has 0 aliphatic carbocycles. The van der Waals surface area contributed by atoms with E-state index in [1.807, 2.05) is 0 Å². The van der Waals surface area contributed by atoms with Gasteiger partial charge in [0.25, 0.3) is 0 Å². The van der Waals surface area contributed by atoms with E-state index in [2.05, 4.69) is 54.7 Å². The van der Waals surface area contributed by atoms with Crippen LogP contribution in [0.2, 0.25) is 0 Å². The Kier molecular flexibility index (Phi) is 12.1. The summed E-state index contributed by atoms with van der Waals surface area (Å²) in [6.45, 7) is 22.6. The van der Waals surface area contributed by atoms with Crippen LogP contribution in [0, 0.1) is 16.2 Å². The monoisotopic (exact) mass is 412 g/mol. The van der Waals surface area contributed by atoms with E-state index in [1.54, 1.807) is 0 Å². The molecule has 6 nitrogen and oxygen atoms in total. The fourth-order valence-corrected chi connectivity index (χ4v) is 3.31. The van der Waals surface area contributed by atoms with Gasteiger partial charge in [-0.1, -0.05) is 54.7 Å². The van der Waals surface area contributed by atoms with Crippen molar-refractivity contribution in [2.75, 3.05) is 39.6 Å². The molecule has 0 bridgehead atoms. The summed E-state index contributed by atoms with van der Waals surface area (Å²) in [4.78, 5) is 22.2. The van der Waals surface area contributed by atoms with Crippen LogP contribution >= 0.6 is 0 Å². The second kappa shape index (κ2) is 12.8. The van der Waals surface area contributed by atoms with Crippen LogP contribution < -0.4 is 0 Å². The average molecular weight is 413 g/mol. The first kappa shape index (κ1) is 27.3. The highest BCUT2D eigenvalue weighted by molar-refractivity contribution is 5.81. The summed E-state index contributed by atoms with van der Waals surface area (Å²) in [5.41, 5.74) is -0.388. The first-order valence-corrected chi connectivity index (χ1v) is 10.1. The third-order valence-corrected chi connectivity index (χ3v) is 5.26. The predicted octanol–water partition coefficient (Wildman–Crippen LogP) is 4.34. The lowest BCUT2D eigenvalue weighted by molar-refractivity contribution is -0.147. The average Bonchev–Trinajstić information content (AvgIpc) is 2.62. The second-order valence-corrected chi connectivity index (χ2v) is 9.14. The molecular formula is C23H40O6. The van der Waals surface area contributed by atoms with Crippen LogP contribution in [0.4, 0.5) is 0 Å². The molecule has 6 heteroatoms. The van der Waals surface area contributed by atoms with E-state index in [4.69, 9.17) is 18.9 Å². The van der Waals surface area contributed by atoms with Gasteiger partial charge in [-0.15, -0.1) is 0 Å². The van der Waals surface area contributed by atoms with Gasteiger partial charge in [-0.2, -0.15) is 0 Å². The largest absolute Gasteiger partial charge is 0.462 e. The lowest BCUT2D eigenvalue weighted by atomic mass is 9.55. The molecule has 0 aliphatic rings. The summed E-state index contributed by atoms with van der Waals surface area (Å²) >= 11 is 0. The van der Waals surface area contributed by atoms with E-state index in [1.165, 1.54) is 0 Å². The first-order chi connectivity index (χ1) is 13.4. The van der Waals surface area contributed by atoms with Gasteiger partial charge in [0, 0.05) is 43.6 Å². The van der Waals surface area contributed by atoms with Gasteiger partial charge in [0.15, 0.2) is 0 Å². The summed E-state index contributed by atoms with van der Waals surface area (Å²) in [5.74, 6) is -0.841. The van der Waals surface area contributed by atoms with Gasteiger partial charge >= 0.3 is 11.9 Å². The zero-order chi connectivity index (χ0) is 22.6. The Balaban J connectivity index is 4.74. The lowest BCUT2D eigenvalue weighted by Crippen LogP contribution is -2.53. The maximum Gasteiger partial charge on any atom is 0.330 e. The number of hydrogen-bond donors (Lipinski definition) is 0. The minimum absolute atomic E-state index is 0.0735. The molecular weight excluding hydrogens is 372 g/mol. The quantitative estimate of drug-likeness (QED) is 0.240. The van der Waals surface area contributed by atoms with E-state index >= 15 is 0 Å². The van der Waals surface area contributed by atoms with E-state index in [0.717, 1.165) is 12.2 Å². The number of carbonyl (C=O) groups is 2. The fourth-order valence-electron chi connectivity index (χ4n) is 3.31. The Hall–Kier alpha value is -1.66. The zero-order valence-corrected chi connectivity index (χ0v) is 19.2. The van der Waals surface area contributed by atoms with Gasteiger partial charge in [-0.3, -0.25) is 0 Å². The molecule has 0 fully saturated rings. The minimum Gasteiger partial charge on any atom is -0.462 e. The van der Waals surface area contributed by atoms with Crippen LogP contribution in [0.3, 0.4) is 0 Å². The van der Waals surface area contributed by atoms with Gasteiger partial charge in [0.1, 0.15) is 0 Å². The van der Waals surface area contributed by atoms with Crippen LogP contribution in [-0.2, 0) is 28.5 Å². The summed E-state index contributed by atoms with van der Waals surface area (Å²) < 4.78 is 22.0. The Morgan fingerprint density at radius 2 is 1.03 bits per heavy atom. The van der Waals surface area contributed by atoms with Crippen LogP contribution in [0.1, 0.15) is 54.4 Å². The number of hydrogen-bond acceptors (Lipinski definition) is 6. The second-order valence-electron chi connectivity index (χ2n) is 9.14. The minimum atomic E-state index is -0.420. The molecule has 0 rings (SSSR count). The number of rotatable bonds is 14. The number of esters is 2. The molecule has 168 valence electrons. The molecule has 0 radical (unpaired) electrons. The Morgan fingerprint density at radius 1 is 0.690 bits per heavy atom. The van der Waals surface area contributed by atoms with Gasteiger partial charge < -0.3 is 18.9 Å².